The van der Waals surface area contributed by atoms with Gasteiger partial charge in [0.1, 0.15) is 10.8 Å². The lowest BCUT2D eigenvalue weighted by Crippen LogP contribution is -2.46. The lowest BCUT2D eigenvalue weighted by atomic mass is 10.2. The molecule has 8 heteroatoms. The zero-order valence-electron chi connectivity index (χ0n) is 18.3. The van der Waals surface area contributed by atoms with Crippen LogP contribution in [0.1, 0.15) is 5.56 Å². The summed E-state index contributed by atoms with van der Waals surface area (Å²) in [6.07, 6.45) is 0. The molecule has 1 fully saturated rings. The normalized spacial score (nSPS) is 13.7. The lowest BCUT2D eigenvalue weighted by molar-refractivity contribution is -0.113. The molecule has 0 atom stereocenters. The second-order valence-corrected chi connectivity index (χ2v) is 8.60. The monoisotopic (exact) mass is 449 g/mol. The van der Waals surface area contributed by atoms with E-state index in [-0.39, 0.29) is 11.7 Å². The van der Waals surface area contributed by atoms with Gasteiger partial charge in [-0.25, -0.2) is 0 Å². The van der Waals surface area contributed by atoms with Crippen molar-refractivity contribution >= 4 is 34.9 Å². The Kier molecular flexibility index (Phi) is 7.11. The fraction of sp³-hybridized carbons (Fsp3) is 0.292. The van der Waals surface area contributed by atoms with Crippen molar-refractivity contribution in [2.24, 2.45) is 0 Å². The second-order valence-electron chi connectivity index (χ2n) is 7.61. The third kappa shape index (κ3) is 5.70. The number of methoxy groups -OCH3 is 1. The summed E-state index contributed by atoms with van der Waals surface area (Å²) < 4.78 is 5.12. The van der Waals surface area contributed by atoms with E-state index in [2.05, 4.69) is 56.5 Å². The minimum Gasteiger partial charge on any atom is -0.497 e. The molecule has 2 heterocycles. The van der Waals surface area contributed by atoms with Gasteiger partial charge in [-0.2, -0.15) is 0 Å². The number of ether oxygens (including phenoxy) is 1. The molecular formula is C24H27N5O2S. The molecule has 7 nitrogen and oxygen atoms in total. The molecule has 0 unspecified atom stereocenters. The molecule has 3 aromatic rings. The maximum atomic E-state index is 12.2. The Morgan fingerprint density at radius 3 is 2.41 bits per heavy atom. The highest BCUT2D eigenvalue weighted by Gasteiger charge is 2.19. The number of benzene rings is 2. The number of aryl methyl sites for hydroxylation is 1. The van der Waals surface area contributed by atoms with Gasteiger partial charge in [0.2, 0.25) is 5.91 Å². The first-order chi connectivity index (χ1) is 15.6. The van der Waals surface area contributed by atoms with E-state index in [1.807, 2.05) is 36.4 Å². The van der Waals surface area contributed by atoms with Gasteiger partial charge in [0.15, 0.2) is 5.82 Å². The molecule has 1 N–H and O–H groups in total. The fourth-order valence-electron chi connectivity index (χ4n) is 3.59. The number of hydrogen-bond acceptors (Lipinski definition) is 7. The number of rotatable bonds is 7. The standard InChI is InChI=1S/C24H27N5O2S/c1-18-4-3-5-20(16-18)28-12-14-29(15-13-28)22-10-11-24(27-26-22)32-17-23(30)25-19-6-8-21(31-2)9-7-19/h3-11,16H,12-15,17H2,1-2H3,(H,25,30). The van der Waals surface area contributed by atoms with Crippen molar-refractivity contribution < 1.29 is 9.53 Å². The van der Waals surface area contributed by atoms with E-state index in [1.165, 1.54) is 23.0 Å². The number of amides is 1. The van der Waals surface area contributed by atoms with E-state index in [1.54, 1.807) is 7.11 Å². The molecule has 0 saturated carbocycles. The maximum absolute atomic E-state index is 12.2. The van der Waals surface area contributed by atoms with Crippen molar-refractivity contribution in [1.29, 1.82) is 0 Å². The van der Waals surface area contributed by atoms with Crippen LogP contribution in [0.2, 0.25) is 0 Å². The summed E-state index contributed by atoms with van der Waals surface area (Å²) in [6.45, 7) is 5.83. The molecule has 1 aliphatic heterocycles. The van der Waals surface area contributed by atoms with Gasteiger partial charge < -0.3 is 19.9 Å². The molecule has 2 aromatic carbocycles. The van der Waals surface area contributed by atoms with E-state index < -0.39 is 0 Å². The van der Waals surface area contributed by atoms with Crippen molar-refractivity contribution in [3.05, 3.63) is 66.2 Å². The predicted octanol–water partition coefficient (Wildman–Crippen LogP) is 3.85. The zero-order chi connectivity index (χ0) is 22.3. The molecule has 0 aliphatic carbocycles. The van der Waals surface area contributed by atoms with Gasteiger partial charge in [0, 0.05) is 37.6 Å². The third-order valence-electron chi connectivity index (χ3n) is 5.32. The number of hydrogen-bond donors (Lipinski definition) is 1. The average molecular weight is 450 g/mol. The Bertz CT molecular complexity index is 1040. The Morgan fingerprint density at radius 1 is 1.00 bits per heavy atom. The summed E-state index contributed by atoms with van der Waals surface area (Å²) >= 11 is 1.37. The molecular weight excluding hydrogens is 422 g/mol. The quantitative estimate of drug-likeness (QED) is 0.550. The molecule has 4 rings (SSSR count). The highest BCUT2D eigenvalue weighted by molar-refractivity contribution is 7.99. The first-order valence-electron chi connectivity index (χ1n) is 10.6. The van der Waals surface area contributed by atoms with Crippen LogP contribution in [-0.2, 0) is 4.79 Å². The molecule has 166 valence electrons. The van der Waals surface area contributed by atoms with Gasteiger partial charge in [0.25, 0.3) is 0 Å². The number of carbonyl (C=O) groups excluding carboxylic acids is 1. The number of piperazine rings is 1. The molecule has 1 aliphatic rings. The third-order valence-corrected chi connectivity index (χ3v) is 6.24. The van der Waals surface area contributed by atoms with Gasteiger partial charge in [-0.1, -0.05) is 23.9 Å². The number of thioether (sulfide) groups is 1. The first-order valence-corrected chi connectivity index (χ1v) is 11.6. The summed E-state index contributed by atoms with van der Waals surface area (Å²) in [6, 6.07) is 19.8. The van der Waals surface area contributed by atoms with Crippen molar-refractivity contribution in [1.82, 2.24) is 10.2 Å². The highest BCUT2D eigenvalue weighted by Crippen LogP contribution is 2.22. The topological polar surface area (TPSA) is 70.6 Å². The number of anilines is 3. The van der Waals surface area contributed by atoms with Crippen LogP contribution in [0.15, 0.2) is 65.7 Å². The maximum Gasteiger partial charge on any atom is 0.234 e. The van der Waals surface area contributed by atoms with E-state index in [9.17, 15) is 4.79 Å². The van der Waals surface area contributed by atoms with Gasteiger partial charge in [0.05, 0.1) is 12.9 Å². The molecule has 1 saturated heterocycles. The largest absolute Gasteiger partial charge is 0.497 e. The number of nitrogens with one attached hydrogen (secondary N) is 1. The SMILES string of the molecule is COc1ccc(NC(=O)CSc2ccc(N3CCN(c4cccc(C)c4)CC3)nn2)cc1. The van der Waals surface area contributed by atoms with E-state index in [0.717, 1.165) is 48.5 Å². The minimum atomic E-state index is -0.0849. The van der Waals surface area contributed by atoms with Gasteiger partial charge in [-0.05, 0) is 61.0 Å². The smallest absolute Gasteiger partial charge is 0.234 e. The van der Waals surface area contributed by atoms with E-state index in [4.69, 9.17) is 4.74 Å². The summed E-state index contributed by atoms with van der Waals surface area (Å²) in [5.74, 6) is 1.82. The Balaban J connectivity index is 1.24. The Labute approximate surface area is 192 Å². The van der Waals surface area contributed by atoms with Crippen LogP contribution in [0, 0.1) is 6.92 Å². The van der Waals surface area contributed by atoms with Crippen LogP contribution in [-0.4, -0.2) is 55.1 Å². The fourth-order valence-corrected chi connectivity index (χ4v) is 4.20. The van der Waals surface area contributed by atoms with Crippen molar-refractivity contribution in [2.75, 3.05) is 54.2 Å². The molecule has 0 spiro atoms. The van der Waals surface area contributed by atoms with Crippen molar-refractivity contribution in [3.63, 3.8) is 0 Å². The van der Waals surface area contributed by atoms with Crippen molar-refractivity contribution in [2.45, 2.75) is 11.9 Å². The molecule has 0 bridgehead atoms. The van der Waals surface area contributed by atoms with E-state index >= 15 is 0 Å². The van der Waals surface area contributed by atoms with Gasteiger partial charge >= 0.3 is 0 Å². The van der Waals surface area contributed by atoms with Crippen LogP contribution in [0.5, 0.6) is 5.75 Å². The highest BCUT2D eigenvalue weighted by atomic mass is 32.2. The van der Waals surface area contributed by atoms with E-state index in [0.29, 0.717) is 0 Å². The zero-order valence-corrected chi connectivity index (χ0v) is 19.1. The number of nitrogens with zero attached hydrogens (tertiary/aromatic N) is 4. The predicted molar refractivity (Wildman–Crippen MR) is 130 cm³/mol. The Morgan fingerprint density at radius 2 is 1.75 bits per heavy atom. The van der Waals surface area contributed by atoms with Crippen molar-refractivity contribution in [3.8, 4) is 5.75 Å². The summed E-state index contributed by atoms with van der Waals surface area (Å²) in [4.78, 5) is 16.9. The summed E-state index contributed by atoms with van der Waals surface area (Å²) in [7, 11) is 1.61. The van der Waals surface area contributed by atoms with Gasteiger partial charge in [-0.3, -0.25) is 4.79 Å². The van der Waals surface area contributed by atoms with Crippen LogP contribution in [0.3, 0.4) is 0 Å². The molecule has 0 radical (unpaired) electrons. The van der Waals surface area contributed by atoms with Gasteiger partial charge in [-0.15, -0.1) is 10.2 Å². The molecule has 1 amide bonds. The van der Waals surface area contributed by atoms with Crippen LogP contribution >= 0.6 is 11.8 Å². The first kappa shape index (κ1) is 22.0. The average Bonchev–Trinajstić information content (AvgIpc) is 2.84. The summed E-state index contributed by atoms with van der Waals surface area (Å²) in [5.41, 5.74) is 3.29. The molecule has 32 heavy (non-hydrogen) atoms. The van der Waals surface area contributed by atoms with Crippen LogP contribution < -0.4 is 19.9 Å². The van der Waals surface area contributed by atoms with Crippen LogP contribution in [0.25, 0.3) is 0 Å². The minimum absolute atomic E-state index is 0.0849. The molecule has 1 aromatic heterocycles. The summed E-state index contributed by atoms with van der Waals surface area (Å²) in [5, 5.41) is 12.3. The van der Waals surface area contributed by atoms with Crippen LogP contribution in [0.4, 0.5) is 17.2 Å². The number of aromatic nitrogens is 2. The lowest BCUT2D eigenvalue weighted by Gasteiger charge is -2.36. The number of carbonyl (C=O) groups is 1. The Hall–Kier alpha value is -3.26. The second kappa shape index (κ2) is 10.4.